The fourth-order valence-corrected chi connectivity index (χ4v) is 2.31. The Bertz CT molecular complexity index is 346. The maximum absolute atomic E-state index is 13.5. The van der Waals surface area contributed by atoms with Crippen LogP contribution in [0.4, 0.5) is 4.39 Å². The van der Waals surface area contributed by atoms with Crippen LogP contribution < -0.4 is 5.32 Å². The molecule has 0 radical (unpaired) electrons. The van der Waals surface area contributed by atoms with E-state index in [0.717, 1.165) is 13.0 Å². The summed E-state index contributed by atoms with van der Waals surface area (Å²) in [5, 5.41) is 3.69. The SMILES string of the molecule is CC(C)(CCCl)CNCc1c(F)cccc1Cl. The number of halogens is 3. The number of hydrogen-bond donors (Lipinski definition) is 1. The van der Waals surface area contributed by atoms with Crippen molar-refractivity contribution in [1.29, 1.82) is 0 Å². The predicted molar refractivity (Wildman–Crippen MR) is 72.2 cm³/mol. The van der Waals surface area contributed by atoms with Crippen LogP contribution in [-0.2, 0) is 6.54 Å². The van der Waals surface area contributed by atoms with E-state index in [9.17, 15) is 4.39 Å². The largest absolute Gasteiger partial charge is 0.312 e. The van der Waals surface area contributed by atoms with Crippen molar-refractivity contribution in [1.82, 2.24) is 5.32 Å². The van der Waals surface area contributed by atoms with Crippen molar-refractivity contribution < 1.29 is 4.39 Å². The second-order valence-electron chi connectivity index (χ2n) is 4.91. The maximum Gasteiger partial charge on any atom is 0.129 e. The summed E-state index contributed by atoms with van der Waals surface area (Å²) >= 11 is 11.7. The number of alkyl halides is 1. The lowest BCUT2D eigenvalue weighted by Gasteiger charge is -2.24. The van der Waals surface area contributed by atoms with Crippen LogP contribution in [0, 0.1) is 11.2 Å². The summed E-state index contributed by atoms with van der Waals surface area (Å²) in [4.78, 5) is 0. The second kappa shape index (κ2) is 6.58. The molecule has 4 heteroatoms. The first kappa shape index (κ1) is 14.7. The van der Waals surface area contributed by atoms with E-state index in [1.165, 1.54) is 6.07 Å². The molecule has 0 saturated heterocycles. The first-order valence-corrected chi connectivity index (χ1v) is 6.57. The number of benzene rings is 1. The highest BCUT2D eigenvalue weighted by Crippen LogP contribution is 2.21. The molecule has 1 aromatic carbocycles. The fraction of sp³-hybridized carbons (Fsp3) is 0.538. The van der Waals surface area contributed by atoms with E-state index in [4.69, 9.17) is 23.2 Å². The molecule has 0 heterocycles. The van der Waals surface area contributed by atoms with Crippen molar-refractivity contribution in [2.24, 2.45) is 5.41 Å². The third-order valence-corrected chi connectivity index (χ3v) is 3.28. The Kier molecular flexibility index (Phi) is 5.71. The molecule has 0 aromatic heterocycles. The Balaban J connectivity index is 2.51. The van der Waals surface area contributed by atoms with E-state index in [-0.39, 0.29) is 11.2 Å². The molecule has 1 nitrogen and oxygen atoms in total. The summed E-state index contributed by atoms with van der Waals surface area (Å²) in [5.41, 5.74) is 0.635. The van der Waals surface area contributed by atoms with Gasteiger partial charge in [-0.3, -0.25) is 0 Å². The number of hydrogen-bond acceptors (Lipinski definition) is 1. The molecule has 1 aromatic rings. The molecule has 0 unspecified atom stereocenters. The average molecular weight is 278 g/mol. The van der Waals surface area contributed by atoms with Gasteiger partial charge in [0, 0.05) is 29.6 Å². The summed E-state index contributed by atoms with van der Waals surface area (Å²) in [5.74, 6) is 0.370. The van der Waals surface area contributed by atoms with E-state index in [0.29, 0.717) is 23.0 Å². The van der Waals surface area contributed by atoms with Crippen molar-refractivity contribution in [3.8, 4) is 0 Å². The fourth-order valence-electron chi connectivity index (χ4n) is 1.57. The predicted octanol–water partition coefficient (Wildman–Crippen LogP) is 4.22. The van der Waals surface area contributed by atoms with Crippen LogP contribution in [-0.4, -0.2) is 12.4 Å². The second-order valence-corrected chi connectivity index (χ2v) is 5.69. The van der Waals surface area contributed by atoms with Crippen LogP contribution in [0.1, 0.15) is 25.8 Å². The molecule has 0 amide bonds. The number of rotatable bonds is 6. The highest BCUT2D eigenvalue weighted by atomic mass is 35.5. The van der Waals surface area contributed by atoms with Crippen LogP contribution in [0.5, 0.6) is 0 Å². The third-order valence-electron chi connectivity index (χ3n) is 2.74. The Morgan fingerprint density at radius 1 is 1.35 bits per heavy atom. The van der Waals surface area contributed by atoms with Crippen LogP contribution in [0.2, 0.25) is 5.02 Å². The standard InChI is InChI=1S/C13H18Cl2FN/c1-13(2,6-7-14)9-17-8-10-11(15)4-3-5-12(10)16/h3-5,17H,6-9H2,1-2H3. The van der Waals surface area contributed by atoms with E-state index >= 15 is 0 Å². The summed E-state index contributed by atoms with van der Waals surface area (Å²) in [6.45, 7) is 5.48. The van der Waals surface area contributed by atoms with Crippen LogP contribution in [0.3, 0.4) is 0 Å². The Morgan fingerprint density at radius 3 is 2.65 bits per heavy atom. The van der Waals surface area contributed by atoms with Crippen LogP contribution in [0.25, 0.3) is 0 Å². The lowest BCUT2D eigenvalue weighted by atomic mass is 9.90. The summed E-state index contributed by atoms with van der Waals surface area (Å²) in [7, 11) is 0. The molecule has 1 N–H and O–H groups in total. The van der Waals surface area contributed by atoms with Gasteiger partial charge in [-0.15, -0.1) is 11.6 Å². The Labute approximate surface area is 112 Å². The van der Waals surface area contributed by atoms with Crippen molar-refractivity contribution >= 4 is 23.2 Å². The normalized spacial score (nSPS) is 11.8. The van der Waals surface area contributed by atoms with Gasteiger partial charge in [-0.05, 0) is 24.0 Å². The molecule has 0 aliphatic heterocycles. The maximum atomic E-state index is 13.5. The molecule has 0 atom stereocenters. The summed E-state index contributed by atoms with van der Waals surface area (Å²) < 4.78 is 13.5. The van der Waals surface area contributed by atoms with E-state index in [1.54, 1.807) is 12.1 Å². The smallest absolute Gasteiger partial charge is 0.129 e. The van der Waals surface area contributed by atoms with E-state index in [1.807, 2.05) is 0 Å². The van der Waals surface area contributed by atoms with Gasteiger partial charge in [0.25, 0.3) is 0 Å². The van der Waals surface area contributed by atoms with Gasteiger partial charge in [0.05, 0.1) is 0 Å². The zero-order valence-electron chi connectivity index (χ0n) is 10.2. The minimum Gasteiger partial charge on any atom is -0.312 e. The van der Waals surface area contributed by atoms with Crippen LogP contribution in [0.15, 0.2) is 18.2 Å². The molecule has 0 spiro atoms. The molecule has 0 aliphatic carbocycles. The molecule has 0 fully saturated rings. The van der Waals surface area contributed by atoms with Gasteiger partial charge in [0.1, 0.15) is 5.82 Å². The van der Waals surface area contributed by atoms with Gasteiger partial charge in [-0.25, -0.2) is 4.39 Å². The molecule has 96 valence electrons. The minimum atomic E-state index is -0.264. The highest BCUT2D eigenvalue weighted by molar-refractivity contribution is 6.31. The van der Waals surface area contributed by atoms with Crippen molar-refractivity contribution in [2.75, 3.05) is 12.4 Å². The molecule has 0 aliphatic rings. The van der Waals surface area contributed by atoms with Gasteiger partial charge < -0.3 is 5.32 Å². The lowest BCUT2D eigenvalue weighted by molar-refractivity contribution is 0.328. The molecule has 17 heavy (non-hydrogen) atoms. The molecular formula is C13H18Cl2FN. The zero-order valence-corrected chi connectivity index (χ0v) is 11.7. The van der Waals surface area contributed by atoms with Crippen LogP contribution >= 0.6 is 23.2 Å². The van der Waals surface area contributed by atoms with Crippen molar-refractivity contribution in [3.05, 3.63) is 34.6 Å². The third kappa shape index (κ3) is 4.82. The Morgan fingerprint density at radius 2 is 2.06 bits per heavy atom. The van der Waals surface area contributed by atoms with E-state index in [2.05, 4.69) is 19.2 Å². The van der Waals surface area contributed by atoms with Gasteiger partial charge >= 0.3 is 0 Å². The molecular weight excluding hydrogens is 260 g/mol. The van der Waals surface area contributed by atoms with Crippen molar-refractivity contribution in [2.45, 2.75) is 26.8 Å². The van der Waals surface area contributed by atoms with Gasteiger partial charge in [0.15, 0.2) is 0 Å². The van der Waals surface area contributed by atoms with Gasteiger partial charge in [-0.1, -0.05) is 31.5 Å². The first-order chi connectivity index (χ1) is 7.96. The molecule has 0 bridgehead atoms. The minimum absolute atomic E-state index is 0.111. The summed E-state index contributed by atoms with van der Waals surface area (Å²) in [6, 6.07) is 4.73. The quantitative estimate of drug-likeness (QED) is 0.768. The monoisotopic (exact) mass is 277 g/mol. The lowest BCUT2D eigenvalue weighted by Crippen LogP contribution is -2.29. The van der Waals surface area contributed by atoms with Gasteiger partial charge in [0.2, 0.25) is 0 Å². The van der Waals surface area contributed by atoms with E-state index < -0.39 is 0 Å². The molecule has 0 saturated carbocycles. The topological polar surface area (TPSA) is 12.0 Å². The highest BCUT2D eigenvalue weighted by Gasteiger charge is 2.17. The average Bonchev–Trinajstić information content (AvgIpc) is 2.22. The Hall–Kier alpha value is -0.310. The number of nitrogens with one attached hydrogen (secondary N) is 1. The summed E-state index contributed by atoms with van der Waals surface area (Å²) in [6.07, 6.45) is 0.923. The van der Waals surface area contributed by atoms with Crippen molar-refractivity contribution in [3.63, 3.8) is 0 Å². The molecule has 1 rings (SSSR count). The zero-order chi connectivity index (χ0) is 12.9. The van der Waals surface area contributed by atoms with Gasteiger partial charge in [-0.2, -0.15) is 0 Å². The first-order valence-electron chi connectivity index (χ1n) is 5.66.